The summed E-state index contributed by atoms with van der Waals surface area (Å²) in [4.78, 5) is 26.9. The van der Waals surface area contributed by atoms with E-state index in [9.17, 15) is 19.1 Å². The number of aliphatic hydroxyl groups excluding tert-OH is 1. The van der Waals surface area contributed by atoms with Gasteiger partial charge in [-0.15, -0.1) is 0 Å². The van der Waals surface area contributed by atoms with Gasteiger partial charge in [-0.1, -0.05) is 42.5 Å². The number of aliphatic hydroxyl groups is 1. The molecule has 1 aromatic heterocycles. The molecular weight excluding hydrogens is 361 g/mol. The second-order valence-electron chi connectivity index (χ2n) is 6.42. The molecule has 1 aliphatic rings. The molecule has 1 unspecified atom stereocenters. The summed E-state index contributed by atoms with van der Waals surface area (Å²) in [7, 11) is 0. The summed E-state index contributed by atoms with van der Waals surface area (Å²) >= 11 is 0. The summed E-state index contributed by atoms with van der Waals surface area (Å²) in [5.41, 5.74) is 0.907. The maximum absolute atomic E-state index is 13.4. The van der Waals surface area contributed by atoms with Gasteiger partial charge in [0.25, 0.3) is 11.7 Å². The van der Waals surface area contributed by atoms with Crippen LogP contribution in [0.25, 0.3) is 5.76 Å². The number of benzene rings is 2. The minimum Gasteiger partial charge on any atom is -0.507 e. The molecule has 5 nitrogen and oxygen atoms in total. The largest absolute Gasteiger partial charge is 0.507 e. The van der Waals surface area contributed by atoms with Crippen molar-refractivity contribution in [3.63, 3.8) is 0 Å². The van der Waals surface area contributed by atoms with E-state index in [1.54, 1.807) is 42.5 Å². The molecule has 0 saturated carbocycles. The van der Waals surface area contributed by atoms with Crippen LogP contribution in [-0.2, 0) is 16.1 Å². The number of hydrogen-bond acceptors (Lipinski definition) is 4. The first kappa shape index (κ1) is 17.7. The lowest BCUT2D eigenvalue weighted by Gasteiger charge is -2.24. The van der Waals surface area contributed by atoms with E-state index in [0.717, 1.165) is 0 Å². The van der Waals surface area contributed by atoms with Gasteiger partial charge in [0.15, 0.2) is 0 Å². The Balaban J connectivity index is 1.86. The molecule has 1 aliphatic heterocycles. The third-order valence-corrected chi connectivity index (χ3v) is 4.68. The highest BCUT2D eigenvalue weighted by Crippen LogP contribution is 2.40. The van der Waals surface area contributed by atoms with Crippen LogP contribution in [0, 0.1) is 5.82 Å². The Labute approximate surface area is 160 Å². The lowest BCUT2D eigenvalue weighted by Crippen LogP contribution is -2.29. The molecule has 3 aromatic rings. The van der Waals surface area contributed by atoms with Gasteiger partial charge in [-0.25, -0.2) is 4.39 Å². The van der Waals surface area contributed by atoms with Crippen LogP contribution < -0.4 is 0 Å². The van der Waals surface area contributed by atoms with Gasteiger partial charge >= 0.3 is 0 Å². The summed E-state index contributed by atoms with van der Waals surface area (Å²) in [5, 5.41) is 10.8. The van der Waals surface area contributed by atoms with E-state index in [1.807, 2.05) is 0 Å². The van der Waals surface area contributed by atoms with Gasteiger partial charge in [-0.05, 0) is 29.8 Å². The van der Waals surface area contributed by atoms with Crippen LogP contribution in [0.2, 0.25) is 0 Å². The number of halogens is 1. The van der Waals surface area contributed by atoms with Crippen LogP contribution in [0.4, 0.5) is 4.39 Å². The number of furan rings is 1. The number of rotatable bonds is 4. The van der Waals surface area contributed by atoms with Crippen molar-refractivity contribution in [2.75, 3.05) is 0 Å². The van der Waals surface area contributed by atoms with Crippen LogP contribution in [0.5, 0.6) is 0 Å². The van der Waals surface area contributed by atoms with Gasteiger partial charge in [0.05, 0.1) is 24.4 Å². The van der Waals surface area contributed by atoms with E-state index >= 15 is 0 Å². The molecule has 0 bridgehead atoms. The number of carbonyl (C=O) groups excluding carboxylic acids is 2. The summed E-state index contributed by atoms with van der Waals surface area (Å²) in [5.74, 6) is -1.75. The monoisotopic (exact) mass is 377 g/mol. The zero-order valence-corrected chi connectivity index (χ0v) is 14.7. The fourth-order valence-electron chi connectivity index (χ4n) is 3.36. The second kappa shape index (κ2) is 7.15. The van der Waals surface area contributed by atoms with Crippen molar-refractivity contribution in [1.82, 2.24) is 4.90 Å². The number of ketones is 1. The smallest absolute Gasteiger partial charge is 0.296 e. The molecule has 0 radical (unpaired) electrons. The Bertz CT molecular complexity index is 1040. The highest BCUT2D eigenvalue weighted by molar-refractivity contribution is 6.46. The maximum Gasteiger partial charge on any atom is 0.296 e. The van der Waals surface area contributed by atoms with E-state index < -0.39 is 23.5 Å². The highest BCUT2D eigenvalue weighted by Gasteiger charge is 2.46. The SMILES string of the molecule is O=C1C(=O)N(Cc2ccco2)C(c2ccc(F)cc2)/C1=C(\O)c1ccccc1. The summed E-state index contributed by atoms with van der Waals surface area (Å²) in [6.45, 7) is 0.0468. The quantitative estimate of drug-likeness (QED) is 0.423. The summed E-state index contributed by atoms with van der Waals surface area (Å²) in [6, 6.07) is 16.6. The first-order valence-corrected chi connectivity index (χ1v) is 8.68. The van der Waals surface area contributed by atoms with Crippen molar-refractivity contribution >= 4 is 17.4 Å². The van der Waals surface area contributed by atoms with E-state index in [1.165, 1.54) is 35.4 Å². The number of likely N-dealkylation sites (tertiary alicyclic amines) is 1. The van der Waals surface area contributed by atoms with Crippen LogP contribution in [0.15, 0.2) is 83.0 Å². The first-order chi connectivity index (χ1) is 13.6. The van der Waals surface area contributed by atoms with E-state index in [2.05, 4.69) is 0 Å². The van der Waals surface area contributed by atoms with Crippen LogP contribution in [0.3, 0.4) is 0 Å². The molecule has 0 spiro atoms. The van der Waals surface area contributed by atoms with Crippen molar-refractivity contribution < 1.29 is 23.5 Å². The topological polar surface area (TPSA) is 70.8 Å². The highest BCUT2D eigenvalue weighted by atomic mass is 19.1. The fourth-order valence-corrected chi connectivity index (χ4v) is 3.36. The zero-order valence-electron chi connectivity index (χ0n) is 14.7. The molecule has 1 N–H and O–H groups in total. The molecule has 2 heterocycles. The van der Waals surface area contributed by atoms with Crippen LogP contribution in [0.1, 0.15) is 22.9 Å². The standard InChI is InChI=1S/C22H16FNO4/c23-16-10-8-14(9-11-16)19-18(20(25)15-5-2-1-3-6-15)21(26)22(27)24(19)13-17-7-4-12-28-17/h1-12,19,25H,13H2/b20-18+. The lowest BCUT2D eigenvalue weighted by atomic mass is 9.95. The van der Waals surface area contributed by atoms with Crippen molar-refractivity contribution in [1.29, 1.82) is 0 Å². The van der Waals surface area contributed by atoms with Crippen LogP contribution >= 0.6 is 0 Å². The lowest BCUT2D eigenvalue weighted by molar-refractivity contribution is -0.140. The average Bonchev–Trinajstić information content (AvgIpc) is 3.31. The minimum absolute atomic E-state index is 0.0330. The van der Waals surface area contributed by atoms with Gasteiger partial charge < -0.3 is 14.4 Å². The molecular formula is C22H16FNO4. The van der Waals surface area contributed by atoms with E-state index in [-0.39, 0.29) is 17.9 Å². The molecule has 1 amide bonds. The minimum atomic E-state index is -0.856. The molecule has 140 valence electrons. The molecule has 0 aliphatic carbocycles. The normalized spacial score (nSPS) is 18.6. The molecule has 1 atom stereocenters. The van der Waals surface area contributed by atoms with Gasteiger partial charge in [-0.2, -0.15) is 0 Å². The second-order valence-corrected chi connectivity index (χ2v) is 6.42. The fraction of sp³-hybridized carbons (Fsp3) is 0.0909. The van der Waals surface area contributed by atoms with Gasteiger partial charge in [0, 0.05) is 5.56 Å². The molecule has 6 heteroatoms. The molecule has 4 rings (SSSR count). The zero-order chi connectivity index (χ0) is 19.7. The van der Waals surface area contributed by atoms with Crippen molar-refractivity contribution in [3.05, 3.63) is 101 Å². The van der Waals surface area contributed by atoms with E-state index in [4.69, 9.17) is 4.42 Å². The Morgan fingerprint density at radius 3 is 2.36 bits per heavy atom. The third kappa shape index (κ3) is 3.09. The average molecular weight is 377 g/mol. The number of amides is 1. The number of carbonyl (C=O) groups is 2. The van der Waals surface area contributed by atoms with Gasteiger partial charge in [-0.3, -0.25) is 9.59 Å². The number of Topliss-reactive ketones (excluding diaryl/α,β-unsaturated/α-hetero) is 1. The number of nitrogens with zero attached hydrogens (tertiary/aromatic N) is 1. The predicted octanol–water partition coefficient (Wildman–Crippen LogP) is 4.04. The maximum atomic E-state index is 13.4. The Morgan fingerprint density at radius 1 is 1.00 bits per heavy atom. The van der Waals surface area contributed by atoms with Crippen molar-refractivity contribution in [2.24, 2.45) is 0 Å². The summed E-state index contributed by atoms with van der Waals surface area (Å²) in [6.07, 6.45) is 1.47. The van der Waals surface area contributed by atoms with E-state index in [0.29, 0.717) is 16.9 Å². The van der Waals surface area contributed by atoms with Crippen molar-refractivity contribution in [2.45, 2.75) is 12.6 Å². The molecule has 1 fully saturated rings. The number of hydrogen-bond donors (Lipinski definition) is 1. The van der Waals surface area contributed by atoms with Gasteiger partial charge in [0.1, 0.15) is 17.3 Å². The third-order valence-electron chi connectivity index (χ3n) is 4.68. The molecule has 2 aromatic carbocycles. The van der Waals surface area contributed by atoms with Crippen LogP contribution in [-0.4, -0.2) is 21.7 Å². The Morgan fingerprint density at radius 2 is 1.71 bits per heavy atom. The molecule has 28 heavy (non-hydrogen) atoms. The Kier molecular flexibility index (Phi) is 4.53. The summed E-state index contributed by atoms with van der Waals surface area (Å²) < 4.78 is 18.7. The Hall–Kier alpha value is -3.67. The molecule has 1 saturated heterocycles. The first-order valence-electron chi connectivity index (χ1n) is 8.68. The van der Waals surface area contributed by atoms with Gasteiger partial charge in [0.2, 0.25) is 0 Å². The van der Waals surface area contributed by atoms with Crippen molar-refractivity contribution in [3.8, 4) is 0 Å². The predicted molar refractivity (Wildman–Crippen MR) is 99.4 cm³/mol.